The van der Waals surface area contributed by atoms with Gasteiger partial charge in [0.2, 0.25) is 0 Å². The molecule has 96 valence electrons. The molecule has 2 aromatic carbocycles. The number of benzene rings is 2. The van der Waals surface area contributed by atoms with Crippen LogP contribution in [0.2, 0.25) is 0 Å². The van der Waals surface area contributed by atoms with Crippen molar-refractivity contribution in [2.24, 2.45) is 0 Å². The second kappa shape index (κ2) is 6.39. The molecular formula is C17H16OS. The van der Waals surface area contributed by atoms with E-state index in [9.17, 15) is 4.79 Å². The van der Waals surface area contributed by atoms with E-state index < -0.39 is 0 Å². The zero-order valence-corrected chi connectivity index (χ0v) is 11.9. The summed E-state index contributed by atoms with van der Waals surface area (Å²) in [4.78, 5) is 13.2. The van der Waals surface area contributed by atoms with E-state index in [0.717, 1.165) is 16.7 Å². The van der Waals surface area contributed by atoms with E-state index in [-0.39, 0.29) is 5.78 Å². The van der Waals surface area contributed by atoms with Crippen LogP contribution in [0.25, 0.3) is 6.08 Å². The Kier molecular flexibility index (Phi) is 4.58. The highest BCUT2D eigenvalue weighted by Crippen LogP contribution is 2.15. The molecule has 0 aliphatic rings. The molecule has 0 bridgehead atoms. The van der Waals surface area contributed by atoms with E-state index in [0.29, 0.717) is 0 Å². The Hall–Kier alpha value is -1.80. The normalized spacial score (nSPS) is 10.8. The lowest BCUT2D eigenvalue weighted by Gasteiger charge is -1.98. The molecule has 2 heteroatoms. The van der Waals surface area contributed by atoms with E-state index >= 15 is 0 Å². The molecule has 0 saturated carbocycles. The number of carbonyl (C=O) groups is 1. The topological polar surface area (TPSA) is 17.1 Å². The average Bonchev–Trinajstić information content (AvgIpc) is 2.46. The van der Waals surface area contributed by atoms with Crippen LogP contribution in [0.4, 0.5) is 0 Å². The lowest BCUT2D eigenvalue weighted by molar-refractivity contribution is 0.104. The number of ketones is 1. The molecule has 0 aliphatic heterocycles. The number of thioether (sulfide) groups is 1. The average molecular weight is 268 g/mol. The zero-order chi connectivity index (χ0) is 13.7. The summed E-state index contributed by atoms with van der Waals surface area (Å²) in [5, 5.41) is 0. The Morgan fingerprint density at radius 2 is 1.63 bits per heavy atom. The summed E-state index contributed by atoms with van der Waals surface area (Å²) in [5.74, 6) is 0.0361. The largest absolute Gasteiger partial charge is 0.289 e. The lowest BCUT2D eigenvalue weighted by Crippen LogP contribution is -1.93. The van der Waals surface area contributed by atoms with Gasteiger partial charge in [-0.15, -0.1) is 11.8 Å². The number of rotatable bonds is 4. The van der Waals surface area contributed by atoms with Gasteiger partial charge in [-0.25, -0.2) is 0 Å². The van der Waals surface area contributed by atoms with Crippen LogP contribution in [0, 0.1) is 6.92 Å². The summed E-state index contributed by atoms with van der Waals surface area (Å²) in [7, 11) is 0. The Morgan fingerprint density at radius 3 is 2.21 bits per heavy atom. The minimum atomic E-state index is 0.0361. The maximum absolute atomic E-state index is 12.0. The first kappa shape index (κ1) is 13.6. The van der Waals surface area contributed by atoms with Gasteiger partial charge in [-0.2, -0.15) is 0 Å². The molecule has 0 spiro atoms. The van der Waals surface area contributed by atoms with Crippen molar-refractivity contribution in [3.05, 3.63) is 71.3 Å². The summed E-state index contributed by atoms with van der Waals surface area (Å²) >= 11 is 1.71. The second-order valence-electron chi connectivity index (χ2n) is 4.34. The van der Waals surface area contributed by atoms with Crippen molar-refractivity contribution in [1.29, 1.82) is 0 Å². The minimum absolute atomic E-state index is 0.0361. The summed E-state index contributed by atoms with van der Waals surface area (Å²) in [6.07, 6.45) is 5.52. The van der Waals surface area contributed by atoms with Gasteiger partial charge in [-0.3, -0.25) is 4.79 Å². The number of allylic oxidation sites excluding steroid dienone is 1. The van der Waals surface area contributed by atoms with Crippen LogP contribution in [0.1, 0.15) is 21.5 Å². The van der Waals surface area contributed by atoms with Crippen molar-refractivity contribution in [2.45, 2.75) is 11.8 Å². The van der Waals surface area contributed by atoms with Crippen LogP contribution in [-0.4, -0.2) is 12.0 Å². The van der Waals surface area contributed by atoms with Gasteiger partial charge < -0.3 is 0 Å². The third kappa shape index (κ3) is 3.83. The molecule has 2 aromatic rings. The number of hydrogen-bond acceptors (Lipinski definition) is 2. The number of hydrogen-bond donors (Lipinski definition) is 0. The van der Waals surface area contributed by atoms with Crippen LogP contribution in [-0.2, 0) is 0 Å². The maximum Gasteiger partial charge on any atom is 0.185 e. The smallest absolute Gasteiger partial charge is 0.185 e. The highest BCUT2D eigenvalue weighted by molar-refractivity contribution is 7.98. The summed E-state index contributed by atoms with van der Waals surface area (Å²) in [6, 6.07) is 15.8. The molecule has 0 radical (unpaired) electrons. The van der Waals surface area contributed by atoms with Crippen LogP contribution < -0.4 is 0 Å². The second-order valence-corrected chi connectivity index (χ2v) is 5.22. The van der Waals surface area contributed by atoms with Gasteiger partial charge in [0.25, 0.3) is 0 Å². The fourth-order valence-corrected chi connectivity index (χ4v) is 2.11. The van der Waals surface area contributed by atoms with Crippen molar-refractivity contribution < 1.29 is 4.79 Å². The first-order valence-electron chi connectivity index (χ1n) is 6.12. The highest BCUT2D eigenvalue weighted by atomic mass is 32.2. The molecule has 0 N–H and O–H groups in total. The van der Waals surface area contributed by atoms with Gasteiger partial charge in [0.15, 0.2) is 5.78 Å². The Bertz CT molecular complexity index is 580. The Balaban J connectivity index is 2.08. The quantitative estimate of drug-likeness (QED) is 0.457. The predicted octanol–water partition coefficient (Wildman–Crippen LogP) is 4.61. The third-order valence-electron chi connectivity index (χ3n) is 2.88. The van der Waals surface area contributed by atoms with Gasteiger partial charge in [0.1, 0.15) is 0 Å². The number of aryl methyl sites for hydroxylation is 1. The third-order valence-corrected chi connectivity index (χ3v) is 3.62. The molecule has 0 atom stereocenters. The molecule has 0 fully saturated rings. The SMILES string of the molecule is CSc1ccc(/C=C/C(=O)c2ccc(C)cc2)cc1. The molecule has 0 aromatic heterocycles. The molecule has 0 aliphatic carbocycles. The fourth-order valence-electron chi connectivity index (χ4n) is 1.70. The van der Waals surface area contributed by atoms with Crippen LogP contribution >= 0.6 is 11.8 Å². The fraction of sp³-hybridized carbons (Fsp3) is 0.118. The van der Waals surface area contributed by atoms with E-state index in [1.807, 2.05) is 55.7 Å². The highest BCUT2D eigenvalue weighted by Gasteiger charge is 2.00. The van der Waals surface area contributed by atoms with Gasteiger partial charge >= 0.3 is 0 Å². The van der Waals surface area contributed by atoms with Crippen molar-refractivity contribution in [3.63, 3.8) is 0 Å². The molecule has 0 amide bonds. The summed E-state index contributed by atoms with van der Waals surface area (Å²) in [5.41, 5.74) is 2.93. The van der Waals surface area contributed by atoms with Gasteiger partial charge in [-0.05, 0) is 37.0 Å². The monoisotopic (exact) mass is 268 g/mol. The Labute approximate surface area is 118 Å². The van der Waals surface area contributed by atoms with E-state index in [4.69, 9.17) is 0 Å². The van der Waals surface area contributed by atoms with Gasteiger partial charge in [-0.1, -0.05) is 48.0 Å². The zero-order valence-electron chi connectivity index (χ0n) is 11.1. The lowest BCUT2D eigenvalue weighted by atomic mass is 10.1. The first-order chi connectivity index (χ1) is 9.19. The van der Waals surface area contributed by atoms with E-state index in [1.54, 1.807) is 17.8 Å². The van der Waals surface area contributed by atoms with Gasteiger partial charge in [0, 0.05) is 10.5 Å². The molecule has 1 nitrogen and oxygen atoms in total. The van der Waals surface area contributed by atoms with Gasteiger partial charge in [0.05, 0.1) is 0 Å². The van der Waals surface area contributed by atoms with Crippen LogP contribution in [0.5, 0.6) is 0 Å². The summed E-state index contributed by atoms with van der Waals surface area (Å²) in [6.45, 7) is 2.01. The van der Waals surface area contributed by atoms with Crippen molar-refractivity contribution in [2.75, 3.05) is 6.26 Å². The molecule has 19 heavy (non-hydrogen) atoms. The standard InChI is InChI=1S/C17H16OS/c1-13-3-8-15(9-4-13)17(18)12-7-14-5-10-16(19-2)11-6-14/h3-12H,1-2H3/b12-7+. The number of carbonyl (C=O) groups excluding carboxylic acids is 1. The summed E-state index contributed by atoms with van der Waals surface area (Å²) < 4.78 is 0. The minimum Gasteiger partial charge on any atom is -0.289 e. The van der Waals surface area contributed by atoms with E-state index in [1.165, 1.54) is 4.90 Å². The predicted molar refractivity (Wildman–Crippen MR) is 82.8 cm³/mol. The van der Waals surface area contributed by atoms with Crippen molar-refractivity contribution in [1.82, 2.24) is 0 Å². The van der Waals surface area contributed by atoms with Crippen LogP contribution in [0.15, 0.2) is 59.5 Å². The first-order valence-corrected chi connectivity index (χ1v) is 7.34. The molecular weight excluding hydrogens is 252 g/mol. The maximum atomic E-state index is 12.0. The molecule has 0 unspecified atom stereocenters. The Morgan fingerprint density at radius 1 is 1.00 bits per heavy atom. The van der Waals surface area contributed by atoms with Crippen molar-refractivity contribution in [3.8, 4) is 0 Å². The van der Waals surface area contributed by atoms with Crippen molar-refractivity contribution >= 4 is 23.6 Å². The molecule has 0 saturated heterocycles. The molecule has 0 heterocycles. The van der Waals surface area contributed by atoms with Crippen LogP contribution in [0.3, 0.4) is 0 Å². The van der Waals surface area contributed by atoms with E-state index in [2.05, 4.69) is 12.1 Å². The molecule has 2 rings (SSSR count).